The molecule has 3 rings (SSSR count). The Bertz CT molecular complexity index is 1200. The summed E-state index contributed by atoms with van der Waals surface area (Å²) in [6, 6.07) is 18.6. The van der Waals surface area contributed by atoms with E-state index in [-0.39, 0.29) is 6.61 Å². The third kappa shape index (κ3) is 6.89. The summed E-state index contributed by atoms with van der Waals surface area (Å²) in [4.78, 5) is 36.2. The van der Waals surface area contributed by atoms with Crippen LogP contribution in [0, 0.1) is 5.82 Å². The highest BCUT2D eigenvalue weighted by molar-refractivity contribution is 6.39. The Labute approximate surface area is 194 Å². The Kier molecular flexibility index (Phi) is 8.28. The molecule has 0 aromatic heterocycles. The molecule has 0 aliphatic heterocycles. The minimum absolute atomic E-state index is 0.310. The van der Waals surface area contributed by atoms with Crippen LogP contribution in [-0.2, 0) is 14.4 Å². The van der Waals surface area contributed by atoms with Gasteiger partial charge in [-0.3, -0.25) is 14.4 Å². The van der Waals surface area contributed by atoms with E-state index >= 15 is 0 Å². The number of carbonyl (C=O) groups excluding carboxylic acids is 3. The summed E-state index contributed by atoms with van der Waals surface area (Å²) in [7, 11) is 1.45. The lowest BCUT2D eigenvalue weighted by Crippen LogP contribution is -2.32. The van der Waals surface area contributed by atoms with Crippen molar-refractivity contribution in [2.24, 2.45) is 5.10 Å². The summed E-state index contributed by atoms with van der Waals surface area (Å²) >= 11 is 0. The van der Waals surface area contributed by atoms with Crippen molar-refractivity contribution in [3.63, 3.8) is 0 Å². The second-order valence-corrected chi connectivity index (χ2v) is 6.74. The molecule has 3 aromatic rings. The molecule has 10 heteroatoms. The van der Waals surface area contributed by atoms with Gasteiger partial charge in [0.05, 0.1) is 19.0 Å². The van der Waals surface area contributed by atoms with Crippen molar-refractivity contribution in [3.05, 3.63) is 84.2 Å². The van der Waals surface area contributed by atoms with Crippen LogP contribution < -0.4 is 25.5 Å². The molecule has 3 amide bonds. The number of hydrogen-bond acceptors (Lipinski definition) is 6. The highest BCUT2D eigenvalue weighted by Crippen LogP contribution is 2.22. The number of nitrogens with zero attached hydrogens (tertiary/aromatic N) is 1. The third-order valence-corrected chi connectivity index (χ3v) is 4.34. The molecule has 0 fully saturated rings. The van der Waals surface area contributed by atoms with Crippen LogP contribution >= 0.6 is 0 Å². The lowest BCUT2D eigenvalue weighted by atomic mass is 10.2. The van der Waals surface area contributed by atoms with Crippen LogP contribution in [0.25, 0.3) is 0 Å². The monoisotopic (exact) mass is 464 g/mol. The van der Waals surface area contributed by atoms with E-state index in [0.717, 1.165) is 0 Å². The molecule has 0 aliphatic rings. The molecular formula is C24H21FN4O5. The van der Waals surface area contributed by atoms with Gasteiger partial charge in [0.25, 0.3) is 5.91 Å². The SMILES string of the molecule is COc1ccccc1NC(=O)C(=O)NN=Cc1ccccc1OCC(=O)Nc1ccc(F)cc1. The maximum atomic E-state index is 13.0. The number of nitrogens with one attached hydrogen (secondary N) is 3. The fourth-order valence-corrected chi connectivity index (χ4v) is 2.73. The number of hydrogen-bond donors (Lipinski definition) is 3. The molecular weight excluding hydrogens is 443 g/mol. The van der Waals surface area contributed by atoms with E-state index in [0.29, 0.717) is 28.4 Å². The second-order valence-electron chi connectivity index (χ2n) is 6.74. The lowest BCUT2D eigenvalue weighted by Gasteiger charge is -2.10. The summed E-state index contributed by atoms with van der Waals surface area (Å²) < 4.78 is 23.6. The first-order chi connectivity index (χ1) is 16.5. The molecule has 0 bridgehead atoms. The summed E-state index contributed by atoms with van der Waals surface area (Å²) in [5.74, 6) is -2.04. The van der Waals surface area contributed by atoms with Gasteiger partial charge >= 0.3 is 11.8 Å². The highest BCUT2D eigenvalue weighted by Gasteiger charge is 2.15. The zero-order chi connectivity index (χ0) is 24.3. The van der Waals surface area contributed by atoms with Crippen LogP contribution in [0.1, 0.15) is 5.56 Å². The number of ether oxygens (including phenoxy) is 2. The van der Waals surface area contributed by atoms with Gasteiger partial charge < -0.3 is 20.1 Å². The Morgan fingerprint density at radius 1 is 0.882 bits per heavy atom. The molecule has 9 nitrogen and oxygen atoms in total. The largest absolute Gasteiger partial charge is 0.495 e. The van der Waals surface area contributed by atoms with Crippen molar-refractivity contribution in [2.75, 3.05) is 24.4 Å². The number of halogens is 1. The van der Waals surface area contributed by atoms with E-state index in [1.807, 2.05) is 0 Å². The zero-order valence-corrected chi connectivity index (χ0v) is 18.1. The second kappa shape index (κ2) is 11.8. The fourth-order valence-electron chi connectivity index (χ4n) is 2.73. The number of para-hydroxylation sites is 3. The Hall–Kier alpha value is -4.73. The average molecular weight is 464 g/mol. The first kappa shape index (κ1) is 23.9. The van der Waals surface area contributed by atoms with Gasteiger partial charge in [-0.05, 0) is 48.5 Å². The molecule has 0 heterocycles. The predicted molar refractivity (Wildman–Crippen MR) is 124 cm³/mol. The van der Waals surface area contributed by atoms with E-state index in [9.17, 15) is 18.8 Å². The van der Waals surface area contributed by atoms with Gasteiger partial charge in [-0.15, -0.1) is 0 Å². The van der Waals surface area contributed by atoms with Crippen molar-refractivity contribution >= 4 is 35.3 Å². The molecule has 0 atom stereocenters. The number of methoxy groups -OCH3 is 1. The maximum Gasteiger partial charge on any atom is 0.329 e. The van der Waals surface area contributed by atoms with Gasteiger partial charge in [0.2, 0.25) is 0 Å². The van der Waals surface area contributed by atoms with Crippen molar-refractivity contribution in [1.29, 1.82) is 0 Å². The van der Waals surface area contributed by atoms with Crippen LogP contribution in [0.3, 0.4) is 0 Å². The number of hydrazone groups is 1. The summed E-state index contributed by atoms with van der Waals surface area (Å²) in [5, 5.41) is 8.80. The maximum absolute atomic E-state index is 13.0. The first-order valence-corrected chi connectivity index (χ1v) is 10.0. The molecule has 3 N–H and O–H groups in total. The highest BCUT2D eigenvalue weighted by atomic mass is 19.1. The Morgan fingerprint density at radius 2 is 1.56 bits per heavy atom. The van der Waals surface area contributed by atoms with Gasteiger partial charge in [-0.1, -0.05) is 24.3 Å². The lowest BCUT2D eigenvalue weighted by molar-refractivity contribution is -0.136. The van der Waals surface area contributed by atoms with Crippen molar-refractivity contribution in [3.8, 4) is 11.5 Å². The molecule has 0 saturated carbocycles. The fraction of sp³-hybridized carbons (Fsp3) is 0.0833. The number of carbonyl (C=O) groups is 3. The third-order valence-electron chi connectivity index (χ3n) is 4.34. The van der Waals surface area contributed by atoms with Crippen LogP contribution in [0.2, 0.25) is 0 Å². The van der Waals surface area contributed by atoms with Gasteiger partial charge in [0.15, 0.2) is 6.61 Å². The standard InChI is InChI=1S/C24H21FN4O5/c1-33-21-9-5-3-7-19(21)28-23(31)24(32)29-26-14-16-6-2-4-8-20(16)34-15-22(30)27-18-12-10-17(25)11-13-18/h2-14H,15H2,1H3,(H,27,30)(H,28,31)(H,29,32). The zero-order valence-electron chi connectivity index (χ0n) is 18.1. The first-order valence-electron chi connectivity index (χ1n) is 10.0. The van der Waals surface area contributed by atoms with E-state index in [4.69, 9.17) is 9.47 Å². The number of anilines is 2. The Balaban J connectivity index is 1.54. The number of rotatable bonds is 8. The molecule has 0 aliphatic carbocycles. The quantitative estimate of drug-likeness (QED) is 0.269. The van der Waals surface area contributed by atoms with E-state index in [1.165, 1.54) is 37.6 Å². The van der Waals surface area contributed by atoms with Crippen LogP contribution in [-0.4, -0.2) is 37.7 Å². The van der Waals surface area contributed by atoms with Gasteiger partial charge in [0.1, 0.15) is 17.3 Å². The van der Waals surface area contributed by atoms with E-state index in [2.05, 4.69) is 21.2 Å². The van der Waals surface area contributed by atoms with Crippen molar-refractivity contribution in [1.82, 2.24) is 5.43 Å². The van der Waals surface area contributed by atoms with E-state index in [1.54, 1.807) is 48.5 Å². The molecule has 34 heavy (non-hydrogen) atoms. The smallest absolute Gasteiger partial charge is 0.329 e. The van der Waals surface area contributed by atoms with Gasteiger partial charge in [-0.25, -0.2) is 9.82 Å². The molecule has 0 spiro atoms. The predicted octanol–water partition coefficient (Wildman–Crippen LogP) is 2.94. The molecule has 174 valence electrons. The van der Waals surface area contributed by atoms with Gasteiger partial charge in [-0.2, -0.15) is 5.10 Å². The molecule has 3 aromatic carbocycles. The minimum atomic E-state index is -0.987. The number of benzene rings is 3. The Morgan fingerprint density at radius 3 is 2.29 bits per heavy atom. The average Bonchev–Trinajstić information content (AvgIpc) is 2.85. The molecule has 0 unspecified atom stereocenters. The number of amides is 3. The topological polar surface area (TPSA) is 118 Å². The van der Waals surface area contributed by atoms with Crippen LogP contribution in [0.15, 0.2) is 77.9 Å². The summed E-state index contributed by atoms with van der Waals surface area (Å²) in [5.41, 5.74) is 3.36. The summed E-state index contributed by atoms with van der Waals surface area (Å²) in [6.45, 7) is -0.310. The van der Waals surface area contributed by atoms with Crippen molar-refractivity contribution in [2.45, 2.75) is 0 Å². The van der Waals surface area contributed by atoms with Gasteiger partial charge in [0, 0.05) is 11.3 Å². The molecule has 0 radical (unpaired) electrons. The van der Waals surface area contributed by atoms with E-state index < -0.39 is 23.5 Å². The molecule has 0 saturated heterocycles. The van der Waals surface area contributed by atoms with Crippen LogP contribution in [0.5, 0.6) is 11.5 Å². The van der Waals surface area contributed by atoms with Crippen molar-refractivity contribution < 1.29 is 28.2 Å². The summed E-state index contributed by atoms with van der Waals surface area (Å²) in [6.07, 6.45) is 1.28. The normalized spacial score (nSPS) is 10.4. The van der Waals surface area contributed by atoms with Crippen LogP contribution in [0.4, 0.5) is 15.8 Å². The minimum Gasteiger partial charge on any atom is -0.495 e.